The molecule has 1 fully saturated rings. The van der Waals surface area contributed by atoms with Crippen LogP contribution >= 0.6 is 0 Å². The maximum Gasteiger partial charge on any atom is 0.342 e. The van der Waals surface area contributed by atoms with Gasteiger partial charge in [0, 0.05) is 6.54 Å². The number of esters is 1. The Hall–Kier alpha value is -3.09. The first-order valence-corrected chi connectivity index (χ1v) is 8.45. The normalized spacial score (nSPS) is 17.1. The Morgan fingerprint density at radius 2 is 1.85 bits per heavy atom. The molecule has 0 unspecified atom stereocenters. The fourth-order valence-corrected chi connectivity index (χ4v) is 3.21. The zero-order valence-corrected chi connectivity index (χ0v) is 14.2. The summed E-state index contributed by atoms with van der Waals surface area (Å²) in [4.78, 5) is 37.4. The van der Waals surface area contributed by atoms with E-state index in [2.05, 4.69) is 0 Å². The van der Waals surface area contributed by atoms with Crippen LogP contribution in [0.1, 0.15) is 29.6 Å². The number of primary amides is 1. The highest BCUT2D eigenvalue weighted by molar-refractivity contribution is 5.99. The molecule has 0 bridgehead atoms. The van der Waals surface area contributed by atoms with Gasteiger partial charge >= 0.3 is 5.97 Å². The molecule has 0 aliphatic carbocycles. The second kappa shape index (κ2) is 7.43. The third-order valence-electron chi connectivity index (χ3n) is 4.56. The van der Waals surface area contributed by atoms with Crippen LogP contribution in [-0.4, -0.2) is 47.0 Å². The summed E-state index contributed by atoms with van der Waals surface area (Å²) in [5.41, 5.74) is 5.33. The molecule has 136 valence electrons. The van der Waals surface area contributed by atoms with Gasteiger partial charge in [0.05, 0.1) is 0 Å². The Morgan fingerprint density at radius 1 is 1.15 bits per heavy atom. The van der Waals surface area contributed by atoms with Crippen LogP contribution in [0.15, 0.2) is 36.4 Å². The second-order valence-electron chi connectivity index (χ2n) is 6.29. The zero-order valence-electron chi connectivity index (χ0n) is 14.2. The molecule has 0 spiro atoms. The molecule has 1 saturated heterocycles. The van der Waals surface area contributed by atoms with Crippen molar-refractivity contribution in [2.45, 2.75) is 25.3 Å². The van der Waals surface area contributed by atoms with Crippen molar-refractivity contribution < 1.29 is 24.2 Å². The first kappa shape index (κ1) is 17.7. The van der Waals surface area contributed by atoms with Gasteiger partial charge in [-0.2, -0.15) is 0 Å². The minimum absolute atomic E-state index is 0.0124. The van der Waals surface area contributed by atoms with E-state index in [0.29, 0.717) is 13.0 Å². The quantitative estimate of drug-likeness (QED) is 0.808. The number of phenols is 1. The molecule has 1 atom stereocenters. The first-order chi connectivity index (χ1) is 12.5. The fourth-order valence-electron chi connectivity index (χ4n) is 3.21. The van der Waals surface area contributed by atoms with E-state index < -0.39 is 30.4 Å². The Balaban J connectivity index is 1.69. The number of ether oxygens (including phenoxy) is 1. The number of nitrogens with two attached hydrogens (primary N) is 1. The number of aromatic hydroxyl groups is 1. The van der Waals surface area contributed by atoms with Crippen molar-refractivity contribution in [3.63, 3.8) is 0 Å². The van der Waals surface area contributed by atoms with Crippen molar-refractivity contribution in [3.8, 4) is 5.75 Å². The van der Waals surface area contributed by atoms with Crippen LogP contribution in [0, 0.1) is 0 Å². The summed E-state index contributed by atoms with van der Waals surface area (Å²) in [7, 11) is 0. The average Bonchev–Trinajstić information content (AvgIpc) is 2.65. The van der Waals surface area contributed by atoms with Gasteiger partial charge in [-0.15, -0.1) is 0 Å². The van der Waals surface area contributed by atoms with E-state index in [1.165, 1.54) is 17.0 Å². The number of nitrogens with zero attached hydrogens (tertiary/aromatic N) is 1. The summed E-state index contributed by atoms with van der Waals surface area (Å²) in [6.07, 6.45) is 2.11. The van der Waals surface area contributed by atoms with Gasteiger partial charge in [0.15, 0.2) is 6.61 Å². The van der Waals surface area contributed by atoms with Crippen molar-refractivity contribution in [2.24, 2.45) is 5.73 Å². The molecular formula is C19H20N2O5. The number of hydrogen-bond donors (Lipinski definition) is 2. The maximum atomic E-state index is 12.3. The lowest BCUT2D eigenvalue weighted by atomic mass is 10.0. The van der Waals surface area contributed by atoms with Crippen LogP contribution in [0.4, 0.5) is 0 Å². The average molecular weight is 356 g/mol. The van der Waals surface area contributed by atoms with E-state index in [9.17, 15) is 19.5 Å². The van der Waals surface area contributed by atoms with Gasteiger partial charge in [0.2, 0.25) is 5.91 Å². The van der Waals surface area contributed by atoms with Gasteiger partial charge < -0.3 is 20.5 Å². The van der Waals surface area contributed by atoms with E-state index >= 15 is 0 Å². The highest BCUT2D eigenvalue weighted by atomic mass is 16.5. The topological polar surface area (TPSA) is 110 Å². The summed E-state index contributed by atoms with van der Waals surface area (Å²) < 4.78 is 5.06. The van der Waals surface area contributed by atoms with Gasteiger partial charge in [-0.3, -0.25) is 9.59 Å². The van der Waals surface area contributed by atoms with Crippen molar-refractivity contribution in [1.29, 1.82) is 0 Å². The molecule has 0 radical (unpaired) electrons. The molecule has 0 saturated carbocycles. The highest BCUT2D eigenvalue weighted by Crippen LogP contribution is 2.25. The van der Waals surface area contributed by atoms with Crippen LogP contribution in [0.25, 0.3) is 10.8 Å². The Kier molecular flexibility index (Phi) is 5.06. The van der Waals surface area contributed by atoms with Gasteiger partial charge in [0.25, 0.3) is 5.91 Å². The molecule has 2 aromatic rings. The molecule has 2 aromatic carbocycles. The number of hydrogen-bond acceptors (Lipinski definition) is 5. The van der Waals surface area contributed by atoms with Crippen LogP contribution in [0.5, 0.6) is 5.75 Å². The number of phenolic OH excluding ortho intramolecular Hbond substituents is 1. The fraction of sp³-hybridized carbons (Fsp3) is 0.316. The number of piperidine rings is 1. The lowest BCUT2D eigenvalue weighted by Gasteiger charge is -2.33. The molecule has 1 heterocycles. The third-order valence-corrected chi connectivity index (χ3v) is 4.56. The summed E-state index contributed by atoms with van der Waals surface area (Å²) in [5, 5.41) is 11.6. The molecular weight excluding hydrogens is 336 g/mol. The summed E-state index contributed by atoms with van der Waals surface area (Å²) >= 11 is 0. The standard InChI is InChI=1S/C19H20N2O5/c20-18(24)15-7-3-4-8-21(15)17(23)11-26-19(25)14-9-12-5-1-2-6-13(12)10-16(14)22/h1-2,5-6,9-10,15,22H,3-4,7-8,11H2,(H2,20,24)/t15-/m0/s1. The molecule has 7 heteroatoms. The first-order valence-electron chi connectivity index (χ1n) is 8.45. The Labute approximate surface area is 150 Å². The highest BCUT2D eigenvalue weighted by Gasteiger charge is 2.31. The van der Waals surface area contributed by atoms with Crippen molar-refractivity contribution in [2.75, 3.05) is 13.2 Å². The Morgan fingerprint density at radius 3 is 2.54 bits per heavy atom. The molecule has 3 N–H and O–H groups in total. The SMILES string of the molecule is NC(=O)[C@@H]1CCCCN1C(=O)COC(=O)c1cc2ccccc2cc1O. The minimum Gasteiger partial charge on any atom is -0.507 e. The molecule has 26 heavy (non-hydrogen) atoms. The smallest absolute Gasteiger partial charge is 0.342 e. The van der Waals surface area contributed by atoms with E-state index in [0.717, 1.165) is 23.6 Å². The number of carbonyl (C=O) groups is 3. The molecule has 3 rings (SSSR count). The number of amides is 2. The van der Waals surface area contributed by atoms with Crippen LogP contribution < -0.4 is 5.73 Å². The van der Waals surface area contributed by atoms with Gasteiger partial charge in [-0.25, -0.2) is 4.79 Å². The minimum atomic E-state index is -0.797. The third kappa shape index (κ3) is 3.61. The van der Waals surface area contributed by atoms with Gasteiger partial charge in [0.1, 0.15) is 17.4 Å². The summed E-state index contributed by atoms with van der Waals surface area (Å²) in [6.45, 7) is -0.0971. The summed E-state index contributed by atoms with van der Waals surface area (Å²) in [6, 6.07) is 9.59. The lowest BCUT2D eigenvalue weighted by molar-refractivity contribution is -0.143. The van der Waals surface area contributed by atoms with E-state index in [1.54, 1.807) is 0 Å². The second-order valence-corrected chi connectivity index (χ2v) is 6.29. The maximum absolute atomic E-state index is 12.3. The number of carbonyl (C=O) groups excluding carboxylic acids is 3. The molecule has 1 aliphatic heterocycles. The van der Waals surface area contributed by atoms with E-state index in [1.807, 2.05) is 24.3 Å². The van der Waals surface area contributed by atoms with Gasteiger partial charge in [-0.1, -0.05) is 24.3 Å². The van der Waals surface area contributed by atoms with Crippen LogP contribution in [-0.2, 0) is 14.3 Å². The van der Waals surface area contributed by atoms with Gasteiger partial charge in [-0.05, 0) is 42.2 Å². The zero-order chi connectivity index (χ0) is 18.7. The number of fused-ring (bicyclic) bond motifs is 1. The van der Waals surface area contributed by atoms with E-state index in [-0.39, 0.29) is 11.3 Å². The molecule has 2 amide bonds. The lowest BCUT2D eigenvalue weighted by Crippen LogP contribution is -2.51. The predicted molar refractivity (Wildman–Crippen MR) is 94.4 cm³/mol. The predicted octanol–water partition coefficient (Wildman–Crippen LogP) is 1.57. The van der Waals surface area contributed by atoms with E-state index in [4.69, 9.17) is 10.5 Å². The Bertz CT molecular complexity index is 864. The van der Waals surface area contributed by atoms with Crippen LogP contribution in [0.3, 0.4) is 0 Å². The van der Waals surface area contributed by atoms with Crippen LogP contribution in [0.2, 0.25) is 0 Å². The largest absolute Gasteiger partial charge is 0.507 e. The number of rotatable bonds is 4. The summed E-state index contributed by atoms with van der Waals surface area (Å²) in [5.74, 6) is -2.04. The number of benzene rings is 2. The number of likely N-dealkylation sites (tertiary alicyclic amines) is 1. The molecule has 1 aliphatic rings. The molecule has 7 nitrogen and oxygen atoms in total. The van der Waals surface area contributed by atoms with Crippen molar-refractivity contribution in [1.82, 2.24) is 4.90 Å². The van der Waals surface area contributed by atoms with Crippen molar-refractivity contribution >= 4 is 28.6 Å². The monoisotopic (exact) mass is 356 g/mol. The molecule has 0 aromatic heterocycles. The van der Waals surface area contributed by atoms with Crippen molar-refractivity contribution in [3.05, 3.63) is 42.0 Å².